The van der Waals surface area contributed by atoms with Crippen LogP contribution in [0.2, 0.25) is 0 Å². The second kappa shape index (κ2) is 16.8. The van der Waals surface area contributed by atoms with Crippen molar-refractivity contribution in [3.8, 4) is 28.7 Å². The summed E-state index contributed by atoms with van der Waals surface area (Å²) >= 11 is 0. The van der Waals surface area contributed by atoms with Crippen LogP contribution >= 0.6 is 0 Å². The van der Waals surface area contributed by atoms with Crippen LogP contribution < -0.4 is 33.9 Å². The third-order valence-corrected chi connectivity index (χ3v) is 8.23. The Morgan fingerprint density at radius 3 is 2.33 bits per heavy atom. The maximum absolute atomic E-state index is 14.0. The van der Waals surface area contributed by atoms with Gasteiger partial charge in [-0.3, -0.25) is 0 Å². The molecule has 1 N–H and O–H groups in total. The molecule has 3 aromatic carbocycles. The molecule has 1 saturated heterocycles. The van der Waals surface area contributed by atoms with Crippen molar-refractivity contribution in [2.75, 3.05) is 77.4 Å². The van der Waals surface area contributed by atoms with E-state index in [1.54, 1.807) is 44.7 Å². The average Bonchev–Trinajstić information content (AvgIpc) is 3.10. The molecule has 260 valence electrons. The molecule has 49 heavy (non-hydrogen) atoms. The molecule has 0 saturated carbocycles. The SMILES string of the molecule is CCOc1ccccc1N(C(=O)Oc1c(C)cccc1C)c1ccnc(Nc2cc(OC)c(OC)c(OCCCN3CCN(C)CC3)c2)n1. The fourth-order valence-electron chi connectivity index (χ4n) is 5.64. The number of amides is 1. The van der Waals surface area contributed by atoms with E-state index in [1.165, 1.54) is 4.90 Å². The Morgan fingerprint density at radius 1 is 0.878 bits per heavy atom. The zero-order valence-electron chi connectivity index (χ0n) is 29.2. The van der Waals surface area contributed by atoms with Gasteiger partial charge in [-0.1, -0.05) is 30.3 Å². The summed E-state index contributed by atoms with van der Waals surface area (Å²) in [5, 5.41) is 3.25. The van der Waals surface area contributed by atoms with Gasteiger partial charge in [-0.25, -0.2) is 14.7 Å². The first-order valence-electron chi connectivity index (χ1n) is 16.5. The summed E-state index contributed by atoms with van der Waals surface area (Å²) in [7, 11) is 5.31. The molecule has 0 bridgehead atoms. The predicted octanol–water partition coefficient (Wildman–Crippen LogP) is 6.61. The summed E-state index contributed by atoms with van der Waals surface area (Å²) < 4.78 is 29.4. The lowest BCUT2D eigenvalue weighted by atomic mass is 10.1. The van der Waals surface area contributed by atoms with Crippen LogP contribution in [0.1, 0.15) is 24.5 Å². The van der Waals surface area contributed by atoms with Gasteiger partial charge in [0.15, 0.2) is 11.5 Å². The van der Waals surface area contributed by atoms with E-state index in [4.69, 9.17) is 28.7 Å². The van der Waals surface area contributed by atoms with Crippen molar-refractivity contribution < 1.29 is 28.5 Å². The highest BCUT2D eigenvalue weighted by atomic mass is 16.6. The quantitative estimate of drug-likeness (QED) is 0.146. The number of aromatic nitrogens is 2. The Hall–Kier alpha value is -5.07. The molecule has 0 atom stereocenters. The highest BCUT2D eigenvalue weighted by molar-refractivity contribution is 5.98. The third kappa shape index (κ3) is 8.89. The fraction of sp³-hybridized carbons (Fsp3) is 0.378. The van der Waals surface area contributed by atoms with Crippen LogP contribution in [-0.4, -0.2) is 93.1 Å². The monoisotopic (exact) mass is 670 g/mol. The molecular formula is C37H46N6O6. The molecule has 1 aliphatic rings. The number of likely N-dealkylation sites (N-methyl/N-ethyl adjacent to an activating group) is 1. The van der Waals surface area contributed by atoms with Crippen molar-refractivity contribution in [2.24, 2.45) is 0 Å². The number of nitrogens with zero attached hydrogens (tertiary/aromatic N) is 5. The van der Waals surface area contributed by atoms with Crippen LogP contribution in [0.5, 0.6) is 28.7 Å². The van der Waals surface area contributed by atoms with Crippen LogP contribution in [0.25, 0.3) is 0 Å². The zero-order chi connectivity index (χ0) is 34.8. The number of para-hydroxylation sites is 3. The van der Waals surface area contributed by atoms with Gasteiger partial charge in [-0.05, 0) is 57.5 Å². The first-order valence-corrected chi connectivity index (χ1v) is 16.5. The normalized spacial score (nSPS) is 13.4. The van der Waals surface area contributed by atoms with E-state index in [0.717, 1.165) is 50.3 Å². The van der Waals surface area contributed by atoms with Crippen molar-refractivity contribution >= 4 is 29.2 Å². The van der Waals surface area contributed by atoms with Crippen LogP contribution in [0, 0.1) is 13.8 Å². The fourth-order valence-corrected chi connectivity index (χ4v) is 5.64. The summed E-state index contributed by atoms with van der Waals surface area (Å²) in [4.78, 5) is 29.4. The van der Waals surface area contributed by atoms with Crippen molar-refractivity contribution in [3.05, 3.63) is 78.0 Å². The number of piperazine rings is 1. The van der Waals surface area contributed by atoms with Gasteiger partial charge in [-0.2, -0.15) is 4.98 Å². The largest absolute Gasteiger partial charge is 0.493 e. The molecule has 5 rings (SSSR count). The zero-order valence-corrected chi connectivity index (χ0v) is 29.2. The minimum Gasteiger partial charge on any atom is -0.493 e. The lowest BCUT2D eigenvalue weighted by Crippen LogP contribution is -2.44. The molecule has 1 aromatic heterocycles. The van der Waals surface area contributed by atoms with Gasteiger partial charge in [0.1, 0.15) is 17.3 Å². The van der Waals surface area contributed by atoms with Gasteiger partial charge in [0.05, 0.1) is 33.1 Å². The second-order valence-electron chi connectivity index (χ2n) is 11.7. The molecule has 0 spiro atoms. The Kier molecular flexibility index (Phi) is 12.1. The molecule has 4 aromatic rings. The number of ether oxygens (including phenoxy) is 5. The number of methoxy groups -OCH3 is 2. The number of rotatable bonds is 14. The van der Waals surface area contributed by atoms with Crippen molar-refractivity contribution in [3.63, 3.8) is 0 Å². The first kappa shape index (κ1) is 35.2. The van der Waals surface area contributed by atoms with E-state index >= 15 is 0 Å². The molecule has 1 amide bonds. The Balaban J connectivity index is 1.40. The summed E-state index contributed by atoms with van der Waals surface area (Å²) in [5.74, 6) is 3.03. The van der Waals surface area contributed by atoms with Crippen LogP contribution in [0.15, 0.2) is 66.9 Å². The molecule has 12 heteroatoms. The van der Waals surface area contributed by atoms with Crippen LogP contribution in [-0.2, 0) is 0 Å². The molecule has 0 aliphatic carbocycles. The first-order chi connectivity index (χ1) is 23.8. The number of nitrogens with one attached hydrogen (secondary N) is 1. The van der Waals surface area contributed by atoms with Gasteiger partial charge >= 0.3 is 6.09 Å². The summed E-state index contributed by atoms with van der Waals surface area (Å²) in [6.07, 6.45) is 1.80. The van der Waals surface area contributed by atoms with E-state index in [2.05, 4.69) is 27.1 Å². The molecular weight excluding hydrogens is 624 g/mol. The third-order valence-electron chi connectivity index (χ3n) is 8.23. The van der Waals surface area contributed by atoms with Gasteiger partial charge < -0.3 is 38.8 Å². The summed E-state index contributed by atoms with van der Waals surface area (Å²) in [6, 6.07) is 18.2. The lowest BCUT2D eigenvalue weighted by molar-refractivity contribution is 0.145. The molecule has 2 heterocycles. The van der Waals surface area contributed by atoms with Gasteiger partial charge in [0.2, 0.25) is 11.7 Å². The Morgan fingerprint density at radius 2 is 1.61 bits per heavy atom. The minimum atomic E-state index is -0.646. The highest BCUT2D eigenvalue weighted by Crippen LogP contribution is 2.41. The molecule has 0 radical (unpaired) electrons. The average molecular weight is 671 g/mol. The van der Waals surface area contributed by atoms with Crippen LogP contribution in [0.3, 0.4) is 0 Å². The van der Waals surface area contributed by atoms with Gasteiger partial charge in [0, 0.05) is 62.8 Å². The standard InChI is InChI=1S/C37H46N6O6/c1-7-47-30-15-9-8-14-29(30)43(37(44)49-34-26(2)12-10-13-27(34)3)33-16-17-38-36(40-33)39-28-24-31(45-5)35(46-6)32(25-28)48-23-11-18-42-21-19-41(4)20-22-42/h8-10,12-17,24-25H,7,11,18-23H2,1-6H3,(H,38,39,40). The maximum atomic E-state index is 14.0. The number of hydrogen-bond acceptors (Lipinski definition) is 11. The van der Waals surface area contributed by atoms with Crippen LogP contribution in [0.4, 0.5) is 27.9 Å². The smallest absolute Gasteiger partial charge is 0.425 e. The van der Waals surface area contributed by atoms with E-state index in [9.17, 15) is 4.79 Å². The second-order valence-corrected chi connectivity index (χ2v) is 11.7. The number of aryl methyl sites for hydroxylation is 2. The number of anilines is 4. The van der Waals surface area contributed by atoms with Gasteiger partial charge in [-0.15, -0.1) is 0 Å². The van der Waals surface area contributed by atoms with E-state index in [-0.39, 0.29) is 11.8 Å². The number of hydrogen-bond donors (Lipinski definition) is 1. The van der Waals surface area contributed by atoms with Crippen molar-refractivity contribution in [1.82, 2.24) is 19.8 Å². The minimum absolute atomic E-state index is 0.240. The Bertz CT molecular complexity index is 1690. The molecule has 12 nitrogen and oxygen atoms in total. The predicted molar refractivity (Wildman–Crippen MR) is 191 cm³/mol. The van der Waals surface area contributed by atoms with E-state index < -0.39 is 6.09 Å². The number of carbonyl (C=O) groups excluding carboxylic acids is 1. The molecule has 1 aliphatic heterocycles. The number of carbonyl (C=O) groups is 1. The Labute approximate surface area is 288 Å². The maximum Gasteiger partial charge on any atom is 0.425 e. The van der Waals surface area contributed by atoms with Gasteiger partial charge in [0.25, 0.3) is 0 Å². The molecule has 0 unspecified atom stereocenters. The van der Waals surface area contributed by atoms with Crippen molar-refractivity contribution in [2.45, 2.75) is 27.2 Å². The van der Waals surface area contributed by atoms with Crippen molar-refractivity contribution in [1.29, 1.82) is 0 Å². The lowest BCUT2D eigenvalue weighted by Gasteiger charge is -2.32. The summed E-state index contributed by atoms with van der Waals surface area (Å²) in [6.45, 7) is 11.8. The molecule has 1 fully saturated rings. The topological polar surface area (TPSA) is 111 Å². The number of benzene rings is 3. The highest BCUT2D eigenvalue weighted by Gasteiger charge is 2.27. The van der Waals surface area contributed by atoms with E-state index in [1.807, 2.05) is 57.2 Å². The summed E-state index contributed by atoms with van der Waals surface area (Å²) in [5.41, 5.74) is 2.76. The van der Waals surface area contributed by atoms with E-state index in [0.29, 0.717) is 53.3 Å².